The molecule has 0 amide bonds. The highest BCUT2D eigenvalue weighted by molar-refractivity contribution is 6.48. The number of carbonyl (C=O) groups excluding carboxylic acids is 2. The van der Waals surface area contributed by atoms with Crippen molar-refractivity contribution in [1.29, 1.82) is 0 Å². The molecule has 0 aromatic heterocycles. The number of esters is 1. The zero-order valence-electron chi connectivity index (χ0n) is 5.83. The highest BCUT2D eigenvalue weighted by Gasteiger charge is 2.32. The molecule has 0 saturated carbocycles. The second kappa shape index (κ2) is 2.32. The van der Waals surface area contributed by atoms with E-state index in [1.165, 1.54) is 6.07 Å². The van der Waals surface area contributed by atoms with Gasteiger partial charge in [-0.05, 0) is 12.1 Å². The van der Waals surface area contributed by atoms with Gasteiger partial charge in [-0.15, -0.1) is 0 Å². The zero-order chi connectivity index (χ0) is 8.72. The first-order valence-corrected chi connectivity index (χ1v) is 3.63. The summed E-state index contributed by atoms with van der Waals surface area (Å²) in [6.07, 6.45) is 0. The van der Waals surface area contributed by atoms with Gasteiger partial charge in [0.05, 0.1) is 10.6 Å². The number of fused-ring (bicyclic) bond motifs is 1. The molecule has 12 heavy (non-hydrogen) atoms. The summed E-state index contributed by atoms with van der Waals surface area (Å²) in [6.45, 7) is 0. The Morgan fingerprint density at radius 2 is 2.00 bits per heavy atom. The van der Waals surface area contributed by atoms with Crippen LogP contribution in [0.5, 0.6) is 5.75 Å². The fourth-order valence-corrected chi connectivity index (χ4v) is 1.31. The minimum atomic E-state index is -0.863. The van der Waals surface area contributed by atoms with Crippen LogP contribution in [0.25, 0.3) is 0 Å². The van der Waals surface area contributed by atoms with Gasteiger partial charge in [-0.1, -0.05) is 17.7 Å². The second-order valence-electron chi connectivity index (χ2n) is 2.33. The smallest absolute Gasteiger partial charge is 0.385 e. The number of Topliss-reactive ketones (excluding diaryl/α,β-unsaturated/α-hetero) is 1. The molecule has 1 aliphatic rings. The van der Waals surface area contributed by atoms with E-state index in [1.54, 1.807) is 12.1 Å². The molecule has 0 atom stereocenters. The van der Waals surface area contributed by atoms with Crippen LogP contribution < -0.4 is 4.74 Å². The standard InChI is InChI=1S/C8H3ClO3/c9-4-2-1-3-5-6(4)7(10)8(11)12-5/h1-3H. The molecule has 0 aliphatic carbocycles. The molecule has 60 valence electrons. The van der Waals surface area contributed by atoms with Crippen molar-refractivity contribution in [2.45, 2.75) is 0 Å². The Kier molecular flexibility index (Phi) is 1.41. The van der Waals surface area contributed by atoms with E-state index in [0.29, 0.717) is 0 Å². The number of carbonyl (C=O) groups is 2. The van der Waals surface area contributed by atoms with E-state index in [1.807, 2.05) is 0 Å². The average molecular weight is 183 g/mol. The Morgan fingerprint density at radius 1 is 1.25 bits per heavy atom. The van der Waals surface area contributed by atoms with Gasteiger partial charge in [0.15, 0.2) is 0 Å². The minimum Gasteiger partial charge on any atom is -0.420 e. The molecule has 1 aliphatic heterocycles. The molecule has 0 spiro atoms. The Hall–Kier alpha value is -1.35. The van der Waals surface area contributed by atoms with Crippen molar-refractivity contribution in [2.75, 3.05) is 0 Å². The fraction of sp³-hybridized carbons (Fsp3) is 0. The van der Waals surface area contributed by atoms with Gasteiger partial charge < -0.3 is 4.74 Å². The summed E-state index contributed by atoms with van der Waals surface area (Å²) in [4.78, 5) is 21.8. The summed E-state index contributed by atoms with van der Waals surface area (Å²) >= 11 is 5.68. The van der Waals surface area contributed by atoms with Gasteiger partial charge in [-0.3, -0.25) is 4.79 Å². The Morgan fingerprint density at radius 3 is 2.67 bits per heavy atom. The SMILES string of the molecule is O=C1Oc2cccc(Cl)c2C1=O. The number of rotatable bonds is 0. The lowest BCUT2D eigenvalue weighted by atomic mass is 10.1. The van der Waals surface area contributed by atoms with E-state index in [4.69, 9.17) is 11.6 Å². The molecule has 0 fully saturated rings. The number of ether oxygens (including phenoxy) is 1. The van der Waals surface area contributed by atoms with Crippen LogP contribution in [-0.2, 0) is 4.79 Å². The summed E-state index contributed by atoms with van der Waals surface area (Å²) in [5.74, 6) is -1.29. The lowest BCUT2D eigenvalue weighted by Crippen LogP contribution is -2.10. The van der Waals surface area contributed by atoms with E-state index in [-0.39, 0.29) is 16.3 Å². The van der Waals surface area contributed by atoms with Gasteiger partial charge in [0.1, 0.15) is 5.75 Å². The third-order valence-corrected chi connectivity index (χ3v) is 1.91. The molecule has 0 saturated heterocycles. The molecule has 1 aromatic carbocycles. The molecule has 3 nitrogen and oxygen atoms in total. The molecule has 4 heteroatoms. The van der Waals surface area contributed by atoms with Gasteiger partial charge >= 0.3 is 5.97 Å². The van der Waals surface area contributed by atoms with Crippen LogP contribution in [0.15, 0.2) is 18.2 Å². The van der Waals surface area contributed by atoms with Crippen molar-refractivity contribution >= 4 is 23.4 Å². The number of hydrogen-bond donors (Lipinski definition) is 0. The lowest BCUT2D eigenvalue weighted by molar-refractivity contribution is -0.128. The maximum Gasteiger partial charge on any atom is 0.385 e. The number of halogens is 1. The normalized spacial score (nSPS) is 14.4. The molecule has 0 bridgehead atoms. The van der Waals surface area contributed by atoms with Gasteiger partial charge in [0, 0.05) is 0 Å². The fourth-order valence-electron chi connectivity index (χ4n) is 1.06. The molecule has 0 unspecified atom stereocenters. The topological polar surface area (TPSA) is 43.4 Å². The van der Waals surface area contributed by atoms with Crippen molar-refractivity contribution in [3.8, 4) is 5.75 Å². The highest BCUT2D eigenvalue weighted by atomic mass is 35.5. The Labute approximate surface area is 72.9 Å². The quantitative estimate of drug-likeness (QED) is 0.347. The number of hydrogen-bond acceptors (Lipinski definition) is 3. The van der Waals surface area contributed by atoms with Crippen molar-refractivity contribution in [1.82, 2.24) is 0 Å². The van der Waals surface area contributed by atoms with Crippen LogP contribution in [0.3, 0.4) is 0 Å². The Balaban J connectivity index is 2.70. The predicted octanol–water partition coefficient (Wildman–Crippen LogP) is 1.44. The van der Waals surface area contributed by atoms with Gasteiger partial charge in [-0.25, -0.2) is 4.79 Å². The third kappa shape index (κ3) is 0.833. The van der Waals surface area contributed by atoms with Gasteiger partial charge in [0.25, 0.3) is 5.78 Å². The summed E-state index contributed by atoms with van der Waals surface area (Å²) in [6, 6.07) is 4.69. The highest BCUT2D eigenvalue weighted by Crippen LogP contribution is 2.31. The molecule has 0 N–H and O–H groups in total. The first-order chi connectivity index (χ1) is 5.70. The van der Waals surface area contributed by atoms with E-state index < -0.39 is 11.8 Å². The van der Waals surface area contributed by atoms with Crippen LogP contribution in [0.4, 0.5) is 0 Å². The second-order valence-corrected chi connectivity index (χ2v) is 2.74. The number of ketones is 1. The molecule has 1 heterocycles. The van der Waals surface area contributed by atoms with E-state index in [0.717, 1.165) is 0 Å². The third-order valence-electron chi connectivity index (χ3n) is 1.59. The summed E-state index contributed by atoms with van der Waals surface area (Å²) < 4.78 is 4.63. The summed E-state index contributed by atoms with van der Waals surface area (Å²) in [7, 11) is 0. The zero-order valence-corrected chi connectivity index (χ0v) is 6.59. The van der Waals surface area contributed by atoms with Crippen molar-refractivity contribution in [3.63, 3.8) is 0 Å². The summed E-state index contributed by atoms with van der Waals surface area (Å²) in [5, 5.41) is 0.253. The molecule has 2 rings (SSSR count). The van der Waals surface area contributed by atoms with E-state index in [9.17, 15) is 9.59 Å². The van der Waals surface area contributed by atoms with E-state index >= 15 is 0 Å². The summed E-state index contributed by atoms with van der Waals surface area (Å²) in [5.41, 5.74) is 0.171. The number of benzene rings is 1. The van der Waals surface area contributed by atoms with Gasteiger partial charge in [0.2, 0.25) is 0 Å². The first-order valence-electron chi connectivity index (χ1n) is 3.25. The van der Waals surface area contributed by atoms with Crippen LogP contribution in [0, 0.1) is 0 Å². The molecular weight excluding hydrogens is 180 g/mol. The average Bonchev–Trinajstić information content (AvgIpc) is 2.29. The van der Waals surface area contributed by atoms with Gasteiger partial charge in [-0.2, -0.15) is 0 Å². The molecule has 1 aromatic rings. The largest absolute Gasteiger partial charge is 0.420 e. The first kappa shape index (κ1) is 7.31. The minimum absolute atomic E-state index is 0.171. The lowest BCUT2D eigenvalue weighted by Gasteiger charge is -1.94. The monoisotopic (exact) mass is 182 g/mol. The van der Waals surface area contributed by atoms with E-state index in [2.05, 4.69) is 4.74 Å². The Bertz CT molecular complexity index is 384. The van der Waals surface area contributed by atoms with Crippen LogP contribution in [0.2, 0.25) is 5.02 Å². The maximum absolute atomic E-state index is 11.1. The van der Waals surface area contributed by atoms with Crippen molar-refractivity contribution in [3.05, 3.63) is 28.8 Å². The van der Waals surface area contributed by atoms with Crippen molar-refractivity contribution in [2.24, 2.45) is 0 Å². The van der Waals surface area contributed by atoms with Crippen LogP contribution >= 0.6 is 11.6 Å². The van der Waals surface area contributed by atoms with Crippen molar-refractivity contribution < 1.29 is 14.3 Å². The van der Waals surface area contributed by atoms with Crippen LogP contribution in [0.1, 0.15) is 10.4 Å². The predicted molar refractivity (Wildman–Crippen MR) is 41.4 cm³/mol. The van der Waals surface area contributed by atoms with Crippen LogP contribution in [-0.4, -0.2) is 11.8 Å². The maximum atomic E-state index is 11.1. The molecule has 0 radical (unpaired) electrons. The molecular formula is C8H3ClO3.